The number of piperidine rings is 1. The Morgan fingerprint density at radius 1 is 1.13 bits per heavy atom. The lowest BCUT2D eigenvalue weighted by atomic mass is 9.86. The van der Waals surface area contributed by atoms with Crippen molar-refractivity contribution in [3.63, 3.8) is 0 Å². The maximum atomic E-state index is 9.55. The Morgan fingerprint density at radius 3 is 2.47 bits per heavy atom. The first-order valence-corrected chi connectivity index (χ1v) is 13.3. The summed E-state index contributed by atoms with van der Waals surface area (Å²) >= 11 is 6.11. The molecule has 5 rings (SSSR count). The number of hydrogen-bond donors (Lipinski definition) is 3. The fraction of sp³-hybridized carbons (Fsp3) is 0.400. The van der Waals surface area contributed by atoms with Crippen molar-refractivity contribution in [2.24, 2.45) is 0 Å². The lowest BCUT2D eigenvalue weighted by Crippen LogP contribution is -2.34. The molecule has 0 radical (unpaired) electrons. The summed E-state index contributed by atoms with van der Waals surface area (Å²) in [4.78, 5) is 25.1. The van der Waals surface area contributed by atoms with E-state index in [4.69, 9.17) is 26.6 Å². The van der Waals surface area contributed by atoms with Crippen molar-refractivity contribution in [1.29, 1.82) is 0 Å². The number of fused-ring (bicyclic) bond motifs is 2. The number of nitrogens with one attached hydrogen (secondary N) is 1. The van der Waals surface area contributed by atoms with Gasteiger partial charge in [0.2, 0.25) is 0 Å². The fourth-order valence-electron chi connectivity index (χ4n) is 5.46. The van der Waals surface area contributed by atoms with Gasteiger partial charge >= 0.3 is 11.9 Å². The van der Waals surface area contributed by atoms with Crippen molar-refractivity contribution < 1.29 is 24.5 Å². The van der Waals surface area contributed by atoms with Crippen LogP contribution in [0, 0.1) is 6.92 Å². The molecule has 1 fully saturated rings. The Labute approximate surface area is 228 Å². The molecule has 7 nitrogen and oxygen atoms in total. The zero-order chi connectivity index (χ0) is 27.4. The van der Waals surface area contributed by atoms with Crippen molar-refractivity contribution in [1.82, 2.24) is 9.88 Å². The van der Waals surface area contributed by atoms with E-state index >= 15 is 0 Å². The first-order chi connectivity index (χ1) is 18.0. The Bertz CT molecular complexity index is 1340. The molecule has 3 N–H and O–H groups in total. The first kappa shape index (κ1) is 27.7. The number of rotatable bonds is 6. The van der Waals surface area contributed by atoms with Crippen molar-refractivity contribution in [3.8, 4) is 5.75 Å². The van der Waals surface area contributed by atoms with Gasteiger partial charge in [0, 0.05) is 47.2 Å². The number of aryl methyl sites for hydroxylation is 1. The SMILES string of the molecule is Cc1cc2c(c(C3CCN(CCc4c[nH]c5cc(Cl)ccc45)CC3)c1)OC(C)(C)C2.O=C(O)C=CC(=O)O. The van der Waals surface area contributed by atoms with Gasteiger partial charge in [-0.2, -0.15) is 0 Å². The van der Waals surface area contributed by atoms with E-state index < -0.39 is 11.9 Å². The highest BCUT2D eigenvalue weighted by Crippen LogP contribution is 2.44. The molecule has 2 aliphatic rings. The number of ether oxygens (including phenoxy) is 1. The summed E-state index contributed by atoms with van der Waals surface area (Å²) in [5, 5.41) is 17.7. The Kier molecular flexibility index (Phi) is 8.48. The van der Waals surface area contributed by atoms with E-state index in [1.165, 1.54) is 46.2 Å². The van der Waals surface area contributed by atoms with Crippen LogP contribution >= 0.6 is 11.6 Å². The smallest absolute Gasteiger partial charge is 0.328 e. The average molecular weight is 539 g/mol. The zero-order valence-corrected chi connectivity index (χ0v) is 22.8. The normalized spacial score (nSPS) is 17.2. The van der Waals surface area contributed by atoms with Crippen LogP contribution < -0.4 is 4.74 Å². The third kappa shape index (κ3) is 6.97. The number of hydrogen-bond acceptors (Lipinski definition) is 4. The van der Waals surface area contributed by atoms with Gasteiger partial charge in [-0.05, 0) is 87.9 Å². The van der Waals surface area contributed by atoms with Gasteiger partial charge in [-0.15, -0.1) is 0 Å². The van der Waals surface area contributed by atoms with Crippen LogP contribution in [-0.4, -0.2) is 57.3 Å². The van der Waals surface area contributed by atoms with E-state index in [0.717, 1.165) is 43.0 Å². The Hall–Kier alpha value is -3.29. The zero-order valence-electron chi connectivity index (χ0n) is 22.1. The van der Waals surface area contributed by atoms with Gasteiger partial charge in [-0.3, -0.25) is 0 Å². The van der Waals surface area contributed by atoms with Crippen LogP contribution in [-0.2, 0) is 22.4 Å². The number of carbonyl (C=O) groups is 2. The van der Waals surface area contributed by atoms with Crippen LogP contribution in [0.5, 0.6) is 5.75 Å². The third-order valence-electron chi connectivity index (χ3n) is 7.16. The van der Waals surface area contributed by atoms with Crippen molar-refractivity contribution in [2.75, 3.05) is 19.6 Å². The Balaban J connectivity index is 0.000000368. The molecule has 3 heterocycles. The van der Waals surface area contributed by atoms with Crippen molar-refractivity contribution >= 4 is 34.4 Å². The van der Waals surface area contributed by atoms with Gasteiger partial charge in [-0.25, -0.2) is 9.59 Å². The summed E-state index contributed by atoms with van der Waals surface area (Å²) in [7, 11) is 0. The van der Waals surface area contributed by atoms with E-state index in [2.05, 4.69) is 55.1 Å². The minimum Gasteiger partial charge on any atom is -0.487 e. The minimum absolute atomic E-state index is 0.0743. The predicted molar refractivity (Wildman–Crippen MR) is 149 cm³/mol. The molecule has 0 bridgehead atoms. The van der Waals surface area contributed by atoms with Crippen molar-refractivity contribution in [3.05, 3.63) is 76.0 Å². The lowest BCUT2D eigenvalue weighted by molar-refractivity contribution is -0.134. The number of aromatic amines is 1. The highest BCUT2D eigenvalue weighted by molar-refractivity contribution is 6.31. The van der Waals surface area contributed by atoms with Crippen LogP contribution in [0.2, 0.25) is 5.02 Å². The molecule has 8 heteroatoms. The Morgan fingerprint density at radius 2 is 1.82 bits per heavy atom. The topological polar surface area (TPSA) is 103 Å². The second kappa shape index (κ2) is 11.6. The first-order valence-electron chi connectivity index (χ1n) is 12.9. The van der Waals surface area contributed by atoms with E-state index in [1.54, 1.807) is 0 Å². The molecule has 0 aliphatic carbocycles. The fourth-order valence-corrected chi connectivity index (χ4v) is 5.63. The average Bonchev–Trinajstić information content (AvgIpc) is 3.39. The van der Waals surface area contributed by atoms with Gasteiger partial charge in [0.05, 0.1) is 0 Å². The molecule has 0 saturated carbocycles. The van der Waals surface area contributed by atoms with Gasteiger partial charge < -0.3 is 24.8 Å². The molecule has 0 atom stereocenters. The standard InChI is InChI=1S/C26H31ClN2O.C4H4O4/c1-17-12-20-15-26(2,3)30-25(20)23(13-17)18-6-9-29(10-7-18)11-8-19-16-28-24-14-21(27)4-5-22(19)24;5-3(6)1-2-4(7)8/h4-5,12-14,16,18,28H,6-11,15H2,1-3H3;1-2H,(H,5,6)(H,7,8). The maximum absolute atomic E-state index is 9.55. The number of aromatic nitrogens is 1. The molecule has 0 spiro atoms. The predicted octanol–water partition coefficient (Wildman–Crippen LogP) is 5.98. The van der Waals surface area contributed by atoms with Crippen LogP contribution in [0.3, 0.4) is 0 Å². The number of nitrogens with zero attached hydrogens (tertiary/aromatic N) is 1. The summed E-state index contributed by atoms with van der Waals surface area (Å²) in [5.74, 6) is -0.722. The number of H-pyrrole nitrogens is 1. The van der Waals surface area contributed by atoms with Gasteiger partial charge in [-0.1, -0.05) is 35.4 Å². The second-order valence-corrected chi connectivity index (χ2v) is 11.2. The van der Waals surface area contributed by atoms with Crippen LogP contribution in [0.1, 0.15) is 54.9 Å². The number of likely N-dealkylation sites (tertiary alicyclic amines) is 1. The maximum Gasteiger partial charge on any atom is 0.328 e. The highest BCUT2D eigenvalue weighted by atomic mass is 35.5. The summed E-state index contributed by atoms with van der Waals surface area (Å²) < 4.78 is 6.38. The molecule has 2 aliphatic heterocycles. The summed E-state index contributed by atoms with van der Waals surface area (Å²) in [6, 6.07) is 10.8. The van der Waals surface area contributed by atoms with Gasteiger partial charge in [0.25, 0.3) is 0 Å². The summed E-state index contributed by atoms with van der Waals surface area (Å²) in [6.07, 6.45) is 7.77. The molecular weight excluding hydrogens is 504 g/mol. The quantitative estimate of drug-likeness (QED) is 0.334. The van der Waals surface area contributed by atoms with E-state index in [9.17, 15) is 9.59 Å². The van der Waals surface area contributed by atoms with E-state index in [-0.39, 0.29) is 5.60 Å². The third-order valence-corrected chi connectivity index (χ3v) is 7.39. The second-order valence-electron chi connectivity index (χ2n) is 10.8. The van der Waals surface area contributed by atoms with Crippen LogP contribution in [0.25, 0.3) is 10.9 Å². The largest absolute Gasteiger partial charge is 0.487 e. The number of carboxylic acids is 2. The molecule has 2 aromatic carbocycles. The molecule has 202 valence electrons. The number of aliphatic carboxylic acids is 2. The molecule has 3 aromatic rings. The lowest BCUT2D eigenvalue weighted by Gasteiger charge is -2.33. The molecule has 1 aromatic heterocycles. The number of benzene rings is 2. The summed E-state index contributed by atoms with van der Waals surface area (Å²) in [6.45, 7) is 10.0. The molecule has 38 heavy (non-hydrogen) atoms. The minimum atomic E-state index is -1.26. The number of halogens is 1. The monoisotopic (exact) mass is 538 g/mol. The molecule has 0 unspecified atom stereocenters. The molecule has 0 amide bonds. The van der Waals surface area contributed by atoms with Crippen molar-refractivity contribution in [2.45, 2.75) is 58.0 Å². The van der Waals surface area contributed by atoms with Crippen LogP contribution in [0.15, 0.2) is 48.7 Å². The summed E-state index contributed by atoms with van der Waals surface area (Å²) in [5.41, 5.74) is 6.66. The molecule has 1 saturated heterocycles. The highest BCUT2D eigenvalue weighted by Gasteiger charge is 2.34. The molecular formula is C30H35ClN2O5. The van der Waals surface area contributed by atoms with Gasteiger partial charge in [0.1, 0.15) is 11.4 Å². The van der Waals surface area contributed by atoms with E-state index in [0.29, 0.717) is 18.1 Å². The number of carboxylic acid groups (broad SMARTS) is 2. The van der Waals surface area contributed by atoms with E-state index in [1.807, 2.05) is 12.1 Å². The van der Waals surface area contributed by atoms with Gasteiger partial charge in [0.15, 0.2) is 0 Å². The van der Waals surface area contributed by atoms with Crippen LogP contribution in [0.4, 0.5) is 0 Å².